The van der Waals surface area contributed by atoms with Crippen molar-refractivity contribution in [3.05, 3.63) is 58.3 Å². The number of aryl methyl sites for hydroxylation is 2. The van der Waals surface area contributed by atoms with E-state index in [9.17, 15) is 4.39 Å². The number of hydrogen-bond donors (Lipinski definition) is 0. The largest absolute Gasteiger partial charge is 0.466 e. The van der Waals surface area contributed by atoms with E-state index in [0.29, 0.717) is 6.42 Å². The van der Waals surface area contributed by atoms with Gasteiger partial charge in [0.25, 0.3) is 0 Å². The minimum Gasteiger partial charge on any atom is -0.466 e. The van der Waals surface area contributed by atoms with Crippen molar-refractivity contribution < 1.29 is 8.81 Å². The van der Waals surface area contributed by atoms with Crippen molar-refractivity contribution in [2.24, 2.45) is 0 Å². The molecule has 1 heterocycles. The van der Waals surface area contributed by atoms with Crippen molar-refractivity contribution >= 4 is 11.6 Å². The summed E-state index contributed by atoms with van der Waals surface area (Å²) in [6.07, 6.45) is 0.597. The molecule has 3 heteroatoms. The zero-order chi connectivity index (χ0) is 13.3. The summed E-state index contributed by atoms with van der Waals surface area (Å²) < 4.78 is 18.7. The molecular weight excluding hydrogens is 251 g/mol. The molecule has 1 aromatic heterocycles. The highest BCUT2D eigenvalue weighted by Gasteiger charge is 2.19. The monoisotopic (exact) mass is 266 g/mol. The SMILES string of the molecule is Cc1oc(C)c(C(Cl)Cc2cccc(F)c2)c1C. The summed E-state index contributed by atoms with van der Waals surface area (Å²) in [7, 11) is 0. The van der Waals surface area contributed by atoms with Crippen LogP contribution in [0.3, 0.4) is 0 Å². The van der Waals surface area contributed by atoms with Crippen LogP contribution in [0, 0.1) is 26.6 Å². The van der Waals surface area contributed by atoms with Gasteiger partial charge < -0.3 is 4.42 Å². The third-order valence-corrected chi connectivity index (χ3v) is 3.61. The lowest BCUT2D eigenvalue weighted by Gasteiger charge is -2.10. The minimum absolute atomic E-state index is 0.191. The summed E-state index contributed by atoms with van der Waals surface area (Å²) in [5.41, 5.74) is 3.01. The van der Waals surface area contributed by atoms with Crippen LogP contribution in [0.1, 0.15) is 33.6 Å². The number of hydrogen-bond acceptors (Lipinski definition) is 1. The fourth-order valence-corrected chi connectivity index (χ4v) is 2.74. The molecule has 0 aliphatic rings. The quantitative estimate of drug-likeness (QED) is 0.723. The van der Waals surface area contributed by atoms with E-state index in [1.54, 1.807) is 6.07 Å². The molecule has 0 saturated heterocycles. The van der Waals surface area contributed by atoms with Crippen LogP contribution in [-0.4, -0.2) is 0 Å². The first-order chi connectivity index (χ1) is 8.49. The van der Waals surface area contributed by atoms with Crippen molar-refractivity contribution in [3.8, 4) is 0 Å². The molecule has 1 aromatic carbocycles. The molecule has 0 radical (unpaired) electrons. The van der Waals surface area contributed by atoms with Crippen molar-refractivity contribution in [2.75, 3.05) is 0 Å². The van der Waals surface area contributed by atoms with Crippen molar-refractivity contribution in [1.82, 2.24) is 0 Å². The average molecular weight is 267 g/mol. The number of alkyl halides is 1. The van der Waals surface area contributed by atoms with E-state index < -0.39 is 0 Å². The molecular formula is C15H16ClFO. The highest BCUT2D eigenvalue weighted by Crippen LogP contribution is 2.33. The molecule has 0 spiro atoms. The van der Waals surface area contributed by atoms with Gasteiger partial charge in [-0.1, -0.05) is 12.1 Å². The van der Waals surface area contributed by atoms with Gasteiger partial charge in [-0.3, -0.25) is 0 Å². The first-order valence-electron chi connectivity index (χ1n) is 5.94. The number of furan rings is 1. The maximum absolute atomic E-state index is 13.1. The van der Waals surface area contributed by atoms with Gasteiger partial charge >= 0.3 is 0 Å². The van der Waals surface area contributed by atoms with Gasteiger partial charge in [0.1, 0.15) is 17.3 Å². The molecule has 0 amide bonds. The van der Waals surface area contributed by atoms with E-state index in [-0.39, 0.29) is 11.2 Å². The van der Waals surface area contributed by atoms with Crippen molar-refractivity contribution in [1.29, 1.82) is 0 Å². The molecule has 0 N–H and O–H groups in total. The Bertz CT molecular complexity index is 560. The fourth-order valence-electron chi connectivity index (χ4n) is 2.24. The Labute approximate surface area is 112 Å². The van der Waals surface area contributed by atoms with E-state index in [0.717, 1.165) is 28.2 Å². The van der Waals surface area contributed by atoms with E-state index in [1.807, 2.05) is 26.8 Å². The van der Waals surface area contributed by atoms with Crippen LogP contribution < -0.4 is 0 Å². The standard InChI is InChI=1S/C15H16ClFO/c1-9-10(2)18-11(3)15(9)14(16)8-12-5-4-6-13(17)7-12/h4-7,14H,8H2,1-3H3. The van der Waals surface area contributed by atoms with Gasteiger partial charge in [0.05, 0.1) is 5.38 Å². The summed E-state index contributed by atoms with van der Waals surface area (Å²) in [6, 6.07) is 6.54. The molecule has 1 unspecified atom stereocenters. The second-order valence-electron chi connectivity index (χ2n) is 4.55. The maximum Gasteiger partial charge on any atom is 0.123 e. The molecule has 2 aromatic rings. The fraction of sp³-hybridized carbons (Fsp3) is 0.333. The van der Waals surface area contributed by atoms with Crippen LogP contribution in [0.5, 0.6) is 0 Å². The van der Waals surface area contributed by atoms with Crippen LogP contribution in [0.25, 0.3) is 0 Å². The summed E-state index contributed by atoms with van der Waals surface area (Å²) in [5.74, 6) is 1.52. The lowest BCUT2D eigenvalue weighted by molar-refractivity contribution is 0.499. The molecule has 0 aliphatic heterocycles. The summed E-state index contributed by atoms with van der Waals surface area (Å²) >= 11 is 6.43. The van der Waals surface area contributed by atoms with E-state index in [2.05, 4.69) is 0 Å². The highest BCUT2D eigenvalue weighted by molar-refractivity contribution is 6.21. The molecule has 2 rings (SSSR count). The minimum atomic E-state index is -0.229. The van der Waals surface area contributed by atoms with E-state index in [4.69, 9.17) is 16.0 Å². The predicted octanol–water partition coefficient (Wildman–Crippen LogP) is 4.87. The Morgan fingerprint density at radius 2 is 1.94 bits per heavy atom. The Hall–Kier alpha value is -1.28. The Morgan fingerprint density at radius 3 is 2.50 bits per heavy atom. The Kier molecular flexibility index (Phi) is 3.76. The van der Waals surface area contributed by atoms with Crippen molar-refractivity contribution in [3.63, 3.8) is 0 Å². The summed E-state index contributed by atoms with van der Waals surface area (Å²) in [6.45, 7) is 5.84. The highest BCUT2D eigenvalue weighted by atomic mass is 35.5. The van der Waals surface area contributed by atoms with E-state index in [1.165, 1.54) is 12.1 Å². The van der Waals surface area contributed by atoms with Crippen LogP contribution in [0.15, 0.2) is 28.7 Å². The summed E-state index contributed by atoms with van der Waals surface area (Å²) in [4.78, 5) is 0. The summed E-state index contributed by atoms with van der Waals surface area (Å²) in [5, 5.41) is -0.191. The molecule has 0 saturated carbocycles. The lowest BCUT2D eigenvalue weighted by Crippen LogP contribution is -1.98. The van der Waals surface area contributed by atoms with Gasteiger partial charge in [-0.15, -0.1) is 11.6 Å². The van der Waals surface area contributed by atoms with Gasteiger partial charge in [-0.05, 0) is 50.5 Å². The van der Waals surface area contributed by atoms with Gasteiger partial charge in [0, 0.05) is 5.56 Å². The van der Waals surface area contributed by atoms with Gasteiger partial charge in [0.15, 0.2) is 0 Å². The van der Waals surface area contributed by atoms with Crippen LogP contribution in [0.4, 0.5) is 4.39 Å². The second kappa shape index (κ2) is 5.15. The molecule has 0 aliphatic carbocycles. The molecule has 0 bridgehead atoms. The smallest absolute Gasteiger partial charge is 0.123 e. The molecule has 0 fully saturated rings. The zero-order valence-corrected chi connectivity index (χ0v) is 11.5. The second-order valence-corrected chi connectivity index (χ2v) is 5.08. The van der Waals surface area contributed by atoms with Gasteiger partial charge in [-0.2, -0.15) is 0 Å². The zero-order valence-electron chi connectivity index (χ0n) is 10.8. The third kappa shape index (κ3) is 2.59. The van der Waals surface area contributed by atoms with Crippen LogP contribution >= 0.6 is 11.6 Å². The molecule has 1 atom stereocenters. The molecule has 1 nitrogen and oxygen atoms in total. The number of rotatable bonds is 3. The number of halogens is 2. The molecule has 18 heavy (non-hydrogen) atoms. The van der Waals surface area contributed by atoms with Gasteiger partial charge in [0.2, 0.25) is 0 Å². The van der Waals surface area contributed by atoms with Gasteiger partial charge in [-0.25, -0.2) is 4.39 Å². The van der Waals surface area contributed by atoms with Crippen molar-refractivity contribution in [2.45, 2.75) is 32.6 Å². The van der Waals surface area contributed by atoms with Crippen LogP contribution in [0.2, 0.25) is 0 Å². The molecule has 96 valence electrons. The Balaban J connectivity index is 2.24. The normalized spacial score (nSPS) is 12.7. The Morgan fingerprint density at radius 1 is 1.22 bits per heavy atom. The topological polar surface area (TPSA) is 13.1 Å². The maximum atomic E-state index is 13.1. The first-order valence-corrected chi connectivity index (χ1v) is 6.37. The lowest BCUT2D eigenvalue weighted by atomic mass is 10.0. The number of benzene rings is 1. The first kappa shape index (κ1) is 13.2. The van der Waals surface area contributed by atoms with E-state index >= 15 is 0 Å². The third-order valence-electron chi connectivity index (χ3n) is 3.23. The average Bonchev–Trinajstić information content (AvgIpc) is 2.53. The van der Waals surface area contributed by atoms with Crippen LogP contribution in [-0.2, 0) is 6.42 Å². The predicted molar refractivity (Wildman–Crippen MR) is 71.6 cm³/mol.